The third kappa shape index (κ3) is 4.46. The van der Waals surface area contributed by atoms with Gasteiger partial charge in [0.25, 0.3) is 0 Å². The van der Waals surface area contributed by atoms with Crippen LogP contribution in [0.1, 0.15) is 58.8 Å². The molecule has 0 amide bonds. The van der Waals surface area contributed by atoms with Crippen LogP contribution in [0.3, 0.4) is 0 Å². The summed E-state index contributed by atoms with van der Waals surface area (Å²) in [7, 11) is 0. The lowest BCUT2D eigenvalue weighted by molar-refractivity contribution is 0.372. The Morgan fingerprint density at radius 3 is 2.71 bits per heavy atom. The van der Waals surface area contributed by atoms with Crippen molar-refractivity contribution in [2.24, 2.45) is 17.8 Å². The minimum absolute atomic E-state index is 0.797. The van der Waals surface area contributed by atoms with E-state index in [1.165, 1.54) is 58.0 Å². The van der Waals surface area contributed by atoms with Gasteiger partial charge in [-0.1, -0.05) is 44.3 Å². The van der Waals surface area contributed by atoms with Crippen molar-refractivity contribution < 1.29 is 0 Å². The predicted molar refractivity (Wildman–Crippen MR) is 75.1 cm³/mol. The van der Waals surface area contributed by atoms with Gasteiger partial charge in [0.05, 0.1) is 0 Å². The molecule has 0 bridgehead atoms. The van der Waals surface area contributed by atoms with Gasteiger partial charge in [0, 0.05) is 0 Å². The van der Waals surface area contributed by atoms with Gasteiger partial charge in [0.2, 0.25) is 0 Å². The van der Waals surface area contributed by atoms with Crippen LogP contribution in [-0.4, -0.2) is 13.1 Å². The van der Waals surface area contributed by atoms with E-state index in [0.717, 1.165) is 17.8 Å². The molecule has 0 saturated heterocycles. The minimum atomic E-state index is 0.797. The number of nitrogens with one attached hydrogen (secondary N) is 1. The van der Waals surface area contributed by atoms with E-state index in [1.807, 2.05) is 0 Å². The maximum absolute atomic E-state index is 3.70. The van der Waals surface area contributed by atoms with E-state index in [1.54, 1.807) is 5.57 Å². The molecule has 1 fully saturated rings. The molecule has 0 aromatic carbocycles. The molecule has 1 heteroatoms. The summed E-state index contributed by atoms with van der Waals surface area (Å²) in [6.07, 6.45) is 12.5. The Bertz CT molecular complexity index is 250. The molecule has 2 unspecified atom stereocenters. The Kier molecular flexibility index (Phi) is 5.09. The number of allylic oxidation sites excluding steroid dienone is 2. The first-order valence-electron chi connectivity index (χ1n) is 7.62. The van der Waals surface area contributed by atoms with Gasteiger partial charge in [-0.2, -0.15) is 0 Å². The first-order valence-corrected chi connectivity index (χ1v) is 7.62. The fourth-order valence-electron chi connectivity index (χ4n) is 3.75. The van der Waals surface area contributed by atoms with Crippen molar-refractivity contribution in [1.82, 2.24) is 5.32 Å². The predicted octanol–water partition coefficient (Wildman–Crippen LogP) is 4.15. The lowest BCUT2D eigenvalue weighted by Gasteiger charge is -2.25. The summed E-state index contributed by atoms with van der Waals surface area (Å²) in [6.45, 7) is 7.13. The van der Waals surface area contributed by atoms with Gasteiger partial charge in [0.1, 0.15) is 0 Å². The van der Waals surface area contributed by atoms with Gasteiger partial charge in [-0.15, -0.1) is 0 Å². The second-order valence-electron chi connectivity index (χ2n) is 6.44. The molecule has 2 atom stereocenters. The van der Waals surface area contributed by atoms with Crippen molar-refractivity contribution in [2.75, 3.05) is 13.1 Å². The van der Waals surface area contributed by atoms with Crippen LogP contribution in [0, 0.1) is 17.8 Å². The molecule has 0 radical (unpaired) electrons. The van der Waals surface area contributed by atoms with Crippen LogP contribution in [0.2, 0.25) is 0 Å². The molecule has 98 valence electrons. The van der Waals surface area contributed by atoms with Gasteiger partial charge < -0.3 is 5.32 Å². The molecule has 0 heterocycles. The van der Waals surface area contributed by atoms with Crippen LogP contribution >= 0.6 is 0 Å². The zero-order valence-electron chi connectivity index (χ0n) is 11.7. The lowest BCUT2D eigenvalue weighted by Crippen LogP contribution is -2.27. The van der Waals surface area contributed by atoms with E-state index < -0.39 is 0 Å². The second kappa shape index (κ2) is 6.58. The number of rotatable bonds is 5. The van der Waals surface area contributed by atoms with Crippen LogP contribution in [-0.2, 0) is 0 Å². The first-order chi connectivity index (χ1) is 8.24. The van der Waals surface area contributed by atoms with E-state index in [9.17, 15) is 0 Å². The van der Waals surface area contributed by atoms with E-state index in [-0.39, 0.29) is 0 Å². The van der Waals surface area contributed by atoms with E-state index >= 15 is 0 Å². The number of hydrogen-bond donors (Lipinski definition) is 1. The Labute approximate surface area is 107 Å². The van der Waals surface area contributed by atoms with Gasteiger partial charge in [-0.05, 0) is 57.0 Å². The summed E-state index contributed by atoms with van der Waals surface area (Å²) >= 11 is 0. The lowest BCUT2D eigenvalue weighted by atomic mass is 9.84. The fraction of sp³-hybridized carbons (Fsp3) is 0.875. The zero-order valence-corrected chi connectivity index (χ0v) is 11.7. The van der Waals surface area contributed by atoms with Crippen LogP contribution in [0.4, 0.5) is 0 Å². The molecule has 2 rings (SSSR count). The summed E-state index contributed by atoms with van der Waals surface area (Å²) in [5.74, 6) is 2.72. The maximum Gasteiger partial charge on any atom is -0.00172 e. The molecule has 1 N–H and O–H groups in total. The van der Waals surface area contributed by atoms with E-state index in [4.69, 9.17) is 0 Å². The van der Waals surface area contributed by atoms with Crippen molar-refractivity contribution in [3.8, 4) is 0 Å². The molecule has 1 saturated carbocycles. The summed E-state index contributed by atoms with van der Waals surface area (Å²) in [6, 6.07) is 0. The van der Waals surface area contributed by atoms with Crippen LogP contribution in [0.5, 0.6) is 0 Å². The highest BCUT2D eigenvalue weighted by Crippen LogP contribution is 2.28. The van der Waals surface area contributed by atoms with E-state index in [2.05, 4.69) is 25.2 Å². The van der Waals surface area contributed by atoms with Gasteiger partial charge in [0.15, 0.2) is 0 Å². The average molecular weight is 235 g/mol. The van der Waals surface area contributed by atoms with Gasteiger partial charge in [-0.3, -0.25) is 0 Å². The highest BCUT2D eigenvalue weighted by atomic mass is 14.9. The Morgan fingerprint density at radius 2 is 2.00 bits per heavy atom. The molecule has 0 spiro atoms. The molecule has 0 aromatic rings. The molecule has 17 heavy (non-hydrogen) atoms. The summed E-state index contributed by atoms with van der Waals surface area (Å²) in [4.78, 5) is 0. The largest absolute Gasteiger partial charge is 0.316 e. The average Bonchev–Trinajstić information content (AvgIpc) is 2.76. The highest BCUT2D eigenvalue weighted by Gasteiger charge is 2.18. The van der Waals surface area contributed by atoms with Gasteiger partial charge >= 0.3 is 0 Å². The Morgan fingerprint density at radius 1 is 1.24 bits per heavy atom. The van der Waals surface area contributed by atoms with Gasteiger partial charge in [-0.25, -0.2) is 0 Å². The molecular formula is C16H29N. The molecular weight excluding hydrogens is 206 g/mol. The fourth-order valence-corrected chi connectivity index (χ4v) is 3.75. The third-order valence-electron chi connectivity index (χ3n) is 4.52. The third-order valence-corrected chi connectivity index (χ3v) is 4.52. The normalized spacial score (nSPS) is 30.6. The topological polar surface area (TPSA) is 12.0 Å². The van der Waals surface area contributed by atoms with Crippen molar-refractivity contribution in [3.63, 3.8) is 0 Å². The highest BCUT2D eigenvalue weighted by molar-refractivity contribution is 5.06. The number of hydrogen-bond acceptors (Lipinski definition) is 1. The monoisotopic (exact) mass is 235 g/mol. The maximum atomic E-state index is 3.70. The molecule has 1 nitrogen and oxygen atoms in total. The van der Waals surface area contributed by atoms with Crippen LogP contribution in [0.15, 0.2) is 11.6 Å². The molecule has 0 aromatic heterocycles. The van der Waals surface area contributed by atoms with Crippen LogP contribution < -0.4 is 5.32 Å². The van der Waals surface area contributed by atoms with Crippen molar-refractivity contribution >= 4 is 0 Å². The standard InChI is InChI=1S/C16H29N/c1-13-9-14(2)11-16(10-13)12-17-8-7-15-5-3-4-6-15/h9,13,15-17H,3-8,10-12H2,1-2H3. The zero-order chi connectivity index (χ0) is 12.1. The second-order valence-corrected chi connectivity index (χ2v) is 6.44. The Hall–Kier alpha value is -0.300. The SMILES string of the molecule is CC1=CC(C)CC(CNCCC2CCCC2)C1. The van der Waals surface area contributed by atoms with Crippen molar-refractivity contribution in [1.29, 1.82) is 0 Å². The van der Waals surface area contributed by atoms with Crippen molar-refractivity contribution in [3.05, 3.63) is 11.6 Å². The molecule has 0 aliphatic heterocycles. The van der Waals surface area contributed by atoms with E-state index in [0.29, 0.717) is 0 Å². The first kappa shape index (κ1) is 13.1. The van der Waals surface area contributed by atoms with Crippen molar-refractivity contribution in [2.45, 2.75) is 58.8 Å². The quantitative estimate of drug-likeness (QED) is 0.557. The summed E-state index contributed by atoms with van der Waals surface area (Å²) in [5.41, 5.74) is 1.60. The summed E-state index contributed by atoms with van der Waals surface area (Å²) in [5, 5.41) is 3.70. The molecule has 2 aliphatic rings. The van der Waals surface area contributed by atoms with Crippen LogP contribution in [0.25, 0.3) is 0 Å². The smallest absolute Gasteiger partial charge is 0.00172 e. The summed E-state index contributed by atoms with van der Waals surface area (Å²) < 4.78 is 0. The minimum Gasteiger partial charge on any atom is -0.316 e. The Balaban J connectivity index is 1.57. The molecule has 2 aliphatic carbocycles.